The van der Waals surface area contributed by atoms with Gasteiger partial charge < -0.3 is 14.9 Å². The summed E-state index contributed by atoms with van der Waals surface area (Å²) >= 11 is 0. The first-order chi connectivity index (χ1) is 12.4. The second-order valence-corrected chi connectivity index (χ2v) is 5.26. The molecule has 3 aromatic heterocycles. The molecule has 4 aromatic rings. The number of rotatable bonds is 3. The van der Waals surface area contributed by atoms with Crippen molar-refractivity contribution in [3.05, 3.63) is 48.9 Å². The van der Waals surface area contributed by atoms with Gasteiger partial charge in [0, 0.05) is 5.56 Å². The van der Waals surface area contributed by atoms with Crippen molar-refractivity contribution in [2.75, 3.05) is 5.73 Å². The van der Waals surface area contributed by atoms with E-state index in [4.69, 9.17) is 10.2 Å². The highest BCUT2D eigenvalue weighted by molar-refractivity contribution is 5.69. The second kappa shape index (κ2) is 5.76. The Morgan fingerprint density at radius 3 is 2.50 bits per heavy atom. The molecule has 4 rings (SSSR count). The molecule has 0 aliphatic rings. The van der Waals surface area contributed by atoms with Gasteiger partial charge in [0.05, 0.1) is 18.2 Å². The second-order valence-electron chi connectivity index (χ2n) is 5.26. The van der Waals surface area contributed by atoms with Gasteiger partial charge in [-0.2, -0.15) is 0 Å². The molecule has 0 spiro atoms. The average Bonchev–Trinajstić information content (AvgIpc) is 3.23. The molecule has 10 heteroatoms. The molecule has 7 nitrogen and oxygen atoms in total. The number of hydrogen-bond acceptors (Lipinski definition) is 6. The van der Waals surface area contributed by atoms with Crippen molar-refractivity contribution in [3.63, 3.8) is 0 Å². The van der Waals surface area contributed by atoms with Crippen molar-refractivity contribution in [2.45, 2.75) is 6.36 Å². The summed E-state index contributed by atoms with van der Waals surface area (Å²) in [7, 11) is 0. The zero-order valence-electron chi connectivity index (χ0n) is 12.9. The number of nitrogens with zero attached hydrogens (tertiary/aromatic N) is 4. The van der Waals surface area contributed by atoms with E-state index in [1.165, 1.54) is 35.0 Å². The summed E-state index contributed by atoms with van der Waals surface area (Å²) in [4.78, 5) is 8.50. The summed E-state index contributed by atoms with van der Waals surface area (Å²) in [5.41, 5.74) is 7.25. The van der Waals surface area contributed by atoms with E-state index in [1.807, 2.05) is 0 Å². The summed E-state index contributed by atoms with van der Waals surface area (Å²) in [6, 6.07) is 8.69. The Morgan fingerprint density at radius 2 is 1.85 bits per heavy atom. The van der Waals surface area contributed by atoms with Gasteiger partial charge in [0.25, 0.3) is 0 Å². The minimum atomic E-state index is -4.74. The fourth-order valence-electron chi connectivity index (χ4n) is 2.39. The third-order valence-corrected chi connectivity index (χ3v) is 3.47. The van der Waals surface area contributed by atoms with E-state index in [0.29, 0.717) is 28.5 Å². The normalized spacial score (nSPS) is 11.8. The molecule has 0 saturated carbocycles. The summed E-state index contributed by atoms with van der Waals surface area (Å²) in [6.07, 6.45) is -1.67. The fraction of sp³-hybridized carbons (Fsp3) is 0.0625. The fourth-order valence-corrected chi connectivity index (χ4v) is 2.39. The monoisotopic (exact) mass is 361 g/mol. The molecule has 26 heavy (non-hydrogen) atoms. The predicted octanol–water partition coefficient (Wildman–Crippen LogP) is 3.53. The third-order valence-electron chi connectivity index (χ3n) is 3.47. The van der Waals surface area contributed by atoms with Crippen LogP contribution in [0.2, 0.25) is 0 Å². The maximum absolute atomic E-state index is 12.2. The predicted molar refractivity (Wildman–Crippen MR) is 85.0 cm³/mol. The van der Waals surface area contributed by atoms with E-state index in [1.54, 1.807) is 18.3 Å². The van der Waals surface area contributed by atoms with Gasteiger partial charge in [-0.15, -0.1) is 18.3 Å². The van der Waals surface area contributed by atoms with Gasteiger partial charge in [0.2, 0.25) is 5.82 Å². The Morgan fingerprint density at radius 1 is 1.08 bits per heavy atom. The zero-order valence-corrected chi connectivity index (χ0v) is 12.9. The number of nitrogen functional groups attached to an aromatic ring is 1. The Hall–Kier alpha value is -3.56. The number of anilines is 1. The highest BCUT2D eigenvalue weighted by atomic mass is 19.4. The van der Waals surface area contributed by atoms with E-state index >= 15 is 0 Å². The molecule has 0 bridgehead atoms. The van der Waals surface area contributed by atoms with Crippen LogP contribution in [0.25, 0.3) is 28.5 Å². The number of nitrogens with two attached hydrogens (primary N) is 1. The van der Waals surface area contributed by atoms with Gasteiger partial charge in [-0.25, -0.2) is 14.5 Å². The topological polar surface area (TPSA) is 91.5 Å². The zero-order chi connectivity index (χ0) is 18.3. The Bertz CT molecular complexity index is 1060. The van der Waals surface area contributed by atoms with Crippen molar-refractivity contribution in [1.29, 1.82) is 0 Å². The van der Waals surface area contributed by atoms with E-state index in [2.05, 4.69) is 19.8 Å². The lowest BCUT2D eigenvalue weighted by Gasteiger charge is -2.09. The molecule has 1 aromatic carbocycles. The number of fused-ring (bicyclic) bond motifs is 1. The molecule has 0 radical (unpaired) electrons. The number of benzene rings is 1. The lowest BCUT2D eigenvalue weighted by Crippen LogP contribution is -2.16. The van der Waals surface area contributed by atoms with Crippen LogP contribution in [0.1, 0.15) is 0 Å². The maximum Gasteiger partial charge on any atom is 0.573 e. The van der Waals surface area contributed by atoms with Crippen LogP contribution in [0.15, 0.2) is 53.3 Å². The van der Waals surface area contributed by atoms with Crippen LogP contribution in [-0.4, -0.2) is 25.9 Å². The van der Waals surface area contributed by atoms with Crippen molar-refractivity contribution >= 4 is 11.5 Å². The minimum Gasteiger partial charge on any atom is -0.461 e. The third kappa shape index (κ3) is 3.04. The summed E-state index contributed by atoms with van der Waals surface area (Å²) < 4.78 is 47.2. The number of halogens is 3. The highest BCUT2D eigenvalue weighted by Crippen LogP contribution is 2.27. The number of alkyl halides is 3. The van der Waals surface area contributed by atoms with E-state index in [9.17, 15) is 13.2 Å². The van der Waals surface area contributed by atoms with Crippen LogP contribution < -0.4 is 10.5 Å². The molecule has 0 aliphatic heterocycles. The first kappa shape index (κ1) is 15.9. The lowest BCUT2D eigenvalue weighted by molar-refractivity contribution is -0.274. The number of aromatic nitrogens is 4. The van der Waals surface area contributed by atoms with Gasteiger partial charge in [-0.3, -0.25) is 0 Å². The SMILES string of the molecule is Nc1nc(-c2ccc(OC(F)(F)F)cc2)cn2nc(-c3ccco3)nc12. The Labute approximate surface area is 143 Å². The summed E-state index contributed by atoms with van der Waals surface area (Å²) in [5, 5.41) is 4.29. The van der Waals surface area contributed by atoms with Crippen molar-refractivity contribution in [3.8, 4) is 28.6 Å². The van der Waals surface area contributed by atoms with Gasteiger partial charge >= 0.3 is 6.36 Å². The van der Waals surface area contributed by atoms with Crippen LogP contribution in [0.5, 0.6) is 5.75 Å². The Balaban J connectivity index is 1.70. The van der Waals surface area contributed by atoms with E-state index in [-0.39, 0.29) is 11.6 Å². The van der Waals surface area contributed by atoms with Gasteiger partial charge in [-0.05, 0) is 36.4 Å². The van der Waals surface area contributed by atoms with Crippen LogP contribution >= 0.6 is 0 Å². The van der Waals surface area contributed by atoms with Crippen molar-refractivity contribution in [1.82, 2.24) is 19.6 Å². The maximum atomic E-state index is 12.2. The number of furan rings is 1. The molecule has 0 saturated heterocycles. The van der Waals surface area contributed by atoms with Gasteiger partial charge in [0.15, 0.2) is 17.2 Å². The molecule has 3 heterocycles. The molecule has 0 aliphatic carbocycles. The largest absolute Gasteiger partial charge is 0.573 e. The van der Waals surface area contributed by atoms with Crippen molar-refractivity contribution in [2.24, 2.45) is 0 Å². The van der Waals surface area contributed by atoms with Gasteiger partial charge in [0.1, 0.15) is 5.75 Å². The molecule has 0 amide bonds. The van der Waals surface area contributed by atoms with Gasteiger partial charge in [-0.1, -0.05) is 0 Å². The highest BCUT2D eigenvalue weighted by Gasteiger charge is 2.31. The number of hydrogen-bond donors (Lipinski definition) is 1. The molecule has 2 N–H and O–H groups in total. The van der Waals surface area contributed by atoms with Crippen molar-refractivity contribution < 1.29 is 22.3 Å². The number of ether oxygens (including phenoxy) is 1. The standard InChI is InChI=1S/C16H10F3N5O2/c17-16(18,19)26-10-5-3-9(4-6-10)11-8-24-15(13(20)21-11)22-14(23-24)12-2-1-7-25-12/h1-8H,(H2,20,21). The molecule has 0 unspecified atom stereocenters. The molecule has 0 fully saturated rings. The van der Waals surface area contributed by atoms with Crippen LogP contribution in [0.4, 0.5) is 19.0 Å². The quantitative estimate of drug-likeness (QED) is 0.600. The molecular weight excluding hydrogens is 351 g/mol. The van der Waals surface area contributed by atoms with Crippen LogP contribution in [0.3, 0.4) is 0 Å². The smallest absolute Gasteiger partial charge is 0.461 e. The average molecular weight is 361 g/mol. The van der Waals surface area contributed by atoms with Crippen LogP contribution in [0, 0.1) is 0 Å². The first-order valence-corrected chi connectivity index (χ1v) is 7.32. The molecule has 132 valence electrons. The summed E-state index contributed by atoms with van der Waals surface area (Å²) in [6.45, 7) is 0. The Kier molecular flexibility index (Phi) is 3.53. The minimum absolute atomic E-state index is 0.128. The lowest BCUT2D eigenvalue weighted by atomic mass is 10.1. The molecule has 0 atom stereocenters. The summed E-state index contributed by atoms with van der Waals surface area (Å²) in [5.74, 6) is 0.623. The first-order valence-electron chi connectivity index (χ1n) is 7.32. The van der Waals surface area contributed by atoms with E-state index in [0.717, 1.165) is 0 Å². The molecular formula is C16H10F3N5O2. The van der Waals surface area contributed by atoms with Crippen LogP contribution in [-0.2, 0) is 0 Å². The van der Waals surface area contributed by atoms with E-state index < -0.39 is 6.36 Å².